The molecule has 0 bridgehead atoms. The molecular formula is C12H13N2O4-. The van der Waals surface area contributed by atoms with Crippen LogP contribution in [0.3, 0.4) is 0 Å². The number of benzene rings is 1. The van der Waals surface area contributed by atoms with Crippen molar-refractivity contribution < 1.29 is 19.5 Å². The van der Waals surface area contributed by atoms with Crippen LogP contribution in [0.5, 0.6) is 0 Å². The highest BCUT2D eigenvalue weighted by Crippen LogP contribution is 2.24. The van der Waals surface area contributed by atoms with Crippen LogP contribution in [0.1, 0.15) is 29.8 Å². The first-order chi connectivity index (χ1) is 8.31. The predicted molar refractivity (Wildman–Crippen MR) is 64.1 cm³/mol. The first-order valence-electron chi connectivity index (χ1n) is 5.22. The van der Waals surface area contributed by atoms with E-state index in [-0.39, 0.29) is 23.1 Å². The Balaban J connectivity index is 3.31. The number of aromatic carboxylic acids is 1. The maximum absolute atomic E-state index is 11.0. The first kappa shape index (κ1) is 13.7. The molecule has 6 nitrogen and oxygen atoms in total. The summed E-state index contributed by atoms with van der Waals surface area (Å²) < 4.78 is 0. The number of nitrogens with one attached hydrogen (secondary N) is 2. The van der Waals surface area contributed by atoms with E-state index in [2.05, 4.69) is 10.6 Å². The SMILES string of the molecule is CC(=O)Nc1cc(NC(C)=O)c(C)c(C(=O)[O-])c1. The largest absolute Gasteiger partial charge is 0.545 e. The van der Waals surface area contributed by atoms with Crippen LogP contribution in [0.4, 0.5) is 11.4 Å². The Morgan fingerprint density at radius 1 is 1.06 bits per heavy atom. The molecule has 0 atom stereocenters. The molecule has 0 spiro atoms. The van der Waals surface area contributed by atoms with E-state index >= 15 is 0 Å². The van der Waals surface area contributed by atoms with Crippen LogP contribution >= 0.6 is 0 Å². The van der Waals surface area contributed by atoms with Gasteiger partial charge in [-0.3, -0.25) is 9.59 Å². The van der Waals surface area contributed by atoms with E-state index < -0.39 is 5.97 Å². The fraction of sp³-hybridized carbons (Fsp3) is 0.250. The Morgan fingerprint density at radius 2 is 1.61 bits per heavy atom. The van der Waals surface area contributed by atoms with Gasteiger partial charge in [0.25, 0.3) is 0 Å². The summed E-state index contributed by atoms with van der Waals surface area (Å²) in [6, 6.07) is 2.78. The van der Waals surface area contributed by atoms with Gasteiger partial charge in [-0.25, -0.2) is 0 Å². The number of carbonyl (C=O) groups is 3. The molecule has 0 aliphatic rings. The second-order valence-electron chi connectivity index (χ2n) is 3.85. The van der Waals surface area contributed by atoms with Crippen LogP contribution in [0.2, 0.25) is 0 Å². The third-order valence-corrected chi connectivity index (χ3v) is 2.26. The first-order valence-corrected chi connectivity index (χ1v) is 5.22. The van der Waals surface area contributed by atoms with Crippen molar-refractivity contribution in [1.29, 1.82) is 0 Å². The van der Waals surface area contributed by atoms with Gasteiger partial charge in [-0.15, -0.1) is 0 Å². The zero-order valence-corrected chi connectivity index (χ0v) is 10.3. The zero-order chi connectivity index (χ0) is 13.9. The van der Waals surface area contributed by atoms with Gasteiger partial charge in [-0.1, -0.05) is 0 Å². The molecule has 0 unspecified atom stereocenters. The molecule has 0 aliphatic carbocycles. The second-order valence-corrected chi connectivity index (χ2v) is 3.85. The molecule has 2 amide bonds. The van der Waals surface area contributed by atoms with Crippen LogP contribution in [0, 0.1) is 6.92 Å². The zero-order valence-electron chi connectivity index (χ0n) is 10.3. The van der Waals surface area contributed by atoms with E-state index in [0.717, 1.165) is 0 Å². The summed E-state index contributed by atoms with van der Waals surface area (Å²) >= 11 is 0. The van der Waals surface area contributed by atoms with E-state index in [1.54, 1.807) is 6.92 Å². The summed E-state index contributed by atoms with van der Waals surface area (Å²) in [5.74, 6) is -2.04. The summed E-state index contributed by atoms with van der Waals surface area (Å²) in [5.41, 5.74) is 0.910. The molecule has 96 valence electrons. The fourth-order valence-corrected chi connectivity index (χ4v) is 1.52. The van der Waals surface area contributed by atoms with Gasteiger partial charge in [-0.05, 0) is 24.6 Å². The van der Waals surface area contributed by atoms with Crippen molar-refractivity contribution in [3.8, 4) is 0 Å². The van der Waals surface area contributed by atoms with Crippen molar-refractivity contribution in [1.82, 2.24) is 0 Å². The average molecular weight is 249 g/mol. The van der Waals surface area contributed by atoms with Gasteiger partial charge < -0.3 is 20.5 Å². The van der Waals surface area contributed by atoms with Gasteiger partial charge in [0.05, 0.1) is 5.97 Å². The minimum atomic E-state index is -1.37. The van der Waals surface area contributed by atoms with Crippen molar-refractivity contribution in [3.63, 3.8) is 0 Å². The molecule has 0 aromatic heterocycles. The van der Waals surface area contributed by atoms with Crippen LogP contribution in [0.15, 0.2) is 12.1 Å². The average Bonchev–Trinajstić information content (AvgIpc) is 2.20. The number of anilines is 2. The van der Waals surface area contributed by atoms with Gasteiger partial charge in [0, 0.05) is 30.8 Å². The molecule has 1 aromatic rings. The van der Waals surface area contributed by atoms with Crippen molar-refractivity contribution in [3.05, 3.63) is 23.3 Å². The lowest BCUT2D eigenvalue weighted by Gasteiger charge is -2.15. The van der Waals surface area contributed by atoms with E-state index in [4.69, 9.17) is 0 Å². The van der Waals surface area contributed by atoms with E-state index in [1.165, 1.54) is 26.0 Å². The van der Waals surface area contributed by atoms with Crippen LogP contribution in [0.25, 0.3) is 0 Å². The Labute approximate surface area is 104 Å². The molecule has 6 heteroatoms. The summed E-state index contributed by atoms with van der Waals surface area (Å²) in [7, 11) is 0. The molecule has 0 saturated carbocycles. The highest BCUT2D eigenvalue weighted by molar-refractivity contribution is 5.98. The smallest absolute Gasteiger partial charge is 0.221 e. The number of carboxylic acid groups (broad SMARTS) is 1. The Bertz CT molecular complexity index is 523. The minimum absolute atomic E-state index is 0.0787. The maximum Gasteiger partial charge on any atom is 0.221 e. The summed E-state index contributed by atoms with van der Waals surface area (Å²) in [4.78, 5) is 32.9. The molecule has 0 aliphatic heterocycles. The second kappa shape index (κ2) is 5.31. The number of carboxylic acids is 1. The summed E-state index contributed by atoms with van der Waals surface area (Å²) in [6.45, 7) is 4.16. The van der Waals surface area contributed by atoms with Crippen molar-refractivity contribution in [2.75, 3.05) is 10.6 Å². The third-order valence-electron chi connectivity index (χ3n) is 2.26. The van der Waals surface area contributed by atoms with Crippen molar-refractivity contribution in [2.45, 2.75) is 20.8 Å². The molecule has 0 saturated heterocycles. The number of carbonyl (C=O) groups excluding carboxylic acids is 3. The van der Waals surface area contributed by atoms with Crippen LogP contribution in [-0.4, -0.2) is 17.8 Å². The summed E-state index contributed by atoms with van der Waals surface area (Å²) in [5, 5.41) is 15.9. The quantitative estimate of drug-likeness (QED) is 0.803. The lowest BCUT2D eigenvalue weighted by molar-refractivity contribution is -0.255. The highest BCUT2D eigenvalue weighted by atomic mass is 16.4. The fourth-order valence-electron chi connectivity index (χ4n) is 1.52. The van der Waals surface area contributed by atoms with Gasteiger partial charge in [0.15, 0.2) is 0 Å². The number of amides is 2. The molecule has 1 rings (SSSR count). The van der Waals surface area contributed by atoms with Crippen molar-refractivity contribution in [2.24, 2.45) is 0 Å². The van der Waals surface area contributed by atoms with Gasteiger partial charge in [0.1, 0.15) is 0 Å². The number of hydrogen-bond donors (Lipinski definition) is 2. The lowest BCUT2D eigenvalue weighted by atomic mass is 10.1. The highest BCUT2D eigenvalue weighted by Gasteiger charge is 2.10. The molecule has 1 aromatic carbocycles. The molecule has 0 radical (unpaired) electrons. The normalized spacial score (nSPS) is 9.72. The standard InChI is InChI=1S/C12H14N2O4/c1-6-10(12(17)18)4-9(13-7(2)15)5-11(6)14-8(3)16/h4-5H,1-3H3,(H,13,15)(H,14,16)(H,17,18)/p-1. The van der Waals surface area contributed by atoms with Gasteiger partial charge in [0.2, 0.25) is 11.8 Å². The summed E-state index contributed by atoms with van der Waals surface area (Å²) in [6.07, 6.45) is 0. The minimum Gasteiger partial charge on any atom is -0.545 e. The molecule has 2 N–H and O–H groups in total. The molecular weight excluding hydrogens is 236 g/mol. The molecule has 0 fully saturated rings. The van der Waals surface area contributed by atoms with E-state index in [1.807, 2.05) is 0 Å². The number of hydrogen-bond acceptors (Lipinski definition) is 4. The van der Waals surface area contributed by atoms with Gasteiger partial charge >= 0.3 is 0 Å². The predicted octanol–water partition coefficient (Wildman–Crippen LogP) is 0.275. The van der Waals surface area contributed by atoms with Gasteiger partial charge in [-0.2, -0.15) is 0 Å². The number of rotatable bonds is 3. The Morgan fingerprint density at radius 3 is 2.06 bits per heavy atom. The molecule has 0 heterocycles. The third kappa shape index (κ3) is 3.31. The van der Waals surface area contributed by atoms with E-state index in [0.29, 0.717) is 11.3 Å². The Hall–Kier alpha value is -2.37. The topological polar surface area (TPSA) is 98.3 Å². The van der Waals surface area contributed by atoms with Crippen molar-refractivity contribution >= 4 is 29.2 Å². The lowest BCUT2D eigenvalue weighted by Crippen LogP contribution is -2.24. The van der Waals surface area contributed by atoms with E-state index in [9.17, 15) is 19.5 Å². The molecule has 18 heavy (non-hydrogen) atoms. The maximum atomic E-state index is 11.0. The van der Waals surface area contributed by atoms with Crippen LogP contribution < -0.4 is 15.7 Å². The monoisotopic (exact) mass is 249 g/mol. The Kier molecular flexibility index (Phi) is 4.04. The van der Waals surface area contributed by atoms with Crippen LogP contribution in [-0.2, 0) is 9.59 Å².